The molecule has 0 saturated carbocycles. The van der Waals surface area contributed by atoms with E-state index in [4.69, 9.17) is 0 Å². The molecule has 2 heterocycles. The Labute approximate surface area is 145 Å². The molecule has 1 fully saturated rings. The highest BCUT2D eigenvalue weighted by molar-refractivity contribution is 5.98. The van der Waals surface area contributed by atoms with Gasteiger partial charge in [0, 0.05) is 31.9 Å². The Hall–Kier alpha value is -2.20. The molecular formula is C20H27N3O. The van der Waals surface area contributed by atoms with Crippen LogP contribution in [0.15, 0.2) is 54.8 Å². The number of anilines is 1. The maximum Gasteiger partial charge on any atom is 0.163 e. The maximum absolute atomic E-state index is 11.7. The molecule has 24 heavy (non-hydrogen) atoms. The minimum atomic E-state index is 0.0489. The topological polar surface area (TPSA) is 45.2 Å². The van der Waals surface area contributed by atoms with Gasteiger partial charge in [0.05, 0.1) is 5.56 Å². The summed E-state index contributed by atoms with van der Waals surface area (Å²) in [6.45, 7) is 10.5. The Morgan fingerprint density at radius 3 is 2.83 bits per heavy atom. The third kappa shape index (κ3) is 5.17. The van der Waals surface area contributed by atoms with E-state index < -0.39 is 0 Å². The van der Waals surface area contributed by atoms with Crippen molar-refractivity contribution in [3.05, 3.63) is 60.3 Å². The Morgan fingerprint density at radius 2 is 2.21 bits per heavy atom. The van der Waals surface area contributed by atoms with E-state index in [0.717, 1.165) is 32.5 Å². The van der Waals surface area contributed by atoms with E-state index in [-0.39, 0.29) is 5.78 Å². The van der Waals surface area contributed by atoms with Gasteiger partial charge in [-0.15, -0.1) is 0 Å². The number of hydrogen-bond acceptors (Lipinski definition) is 4. The number of nitrogens with one attached hydrogen (secondary N) is 1. The summed E-state index contributed by atoms with van der Waals surface area (Å²) in [6, 6.07) is 3.99. The number of rotatable bonds is 7. The molecular weight excluding hydrogens is 298 g/mol. The zero-order chi connectivity index (χ0) is 17.4. The molecule has 0 bridgehead atoms. The molecule has 1 aliphatic heterocycles. The third-order valence-corrected chi connectivity index (χ3v) is 4.29. The van der Waals surface area contributed by atoms with Crippen LogP contribution in [0.5, 0.6) is 0 Å². The van der Waals surface area contributed by atoms with Gasteiger partial charge in [0.2, 0.25) is 0 Å². The van der Waals surface area contributed by atoms with Crippen LogP contribution in [0.3, 0.4) is 0 Å². The van der Waals surface area contributed by atoms with Crippen LogP contribution in [0, 0.1) is 0 Å². The zero-order valence-corrected chi connectivity index (χ0v) is 14.7. The van der Waals surface area contributed by atoms with Crippen molar-refractivity contribution in [1.82, 2.24) is 9.88 Å². The Kier molecular flexibility index (Phi) is 6.94. The van der Waals surface area contributed by atoms with Gasteiger partial charge in [-0.3, -0.25) is 9.69 Å². The van der Waals surface area contributed by atoms with Gasteiger partial charge in [0.15, 0.2) is 5.78 Å². The minimum absolute atomic E-state index is 0.0489. The first-order valence-corrected chi connectivity index (χ1v) is 8.53. The molecule has 0 atom stereocenters. The van der Waals surface area contributed by atoms with Crippen molar-refractivity contribution in [2.24, 2.45) is 0 Å². The van der Waals surface area contributed by atoms with E-state index in [1.165, 1.54) is 5.57 Å². The number of pyridine rings is 1. The molecule has 0 unspecified atom stereocenters. The number of nitrogens with zero attached hydrogens (tertiary/aromatic N) is 2. The molecule has 1 aromatic heterocycles. The zero-order valence-electron chi connectivity index (χ0n) is 14.7. The van der Waals surface area contributed by atoms with E-state index in [0.29, 0.717) is 17.4 Å². The number of ketones is 1. The van der Waals surface area contributed by atoms with Crippen LogP contribution in [0.4, 0.5) is 5.82 Å². The molecule has 1 saturated heterocycles. The summed E-state index contributed by atoms with van der Waals surface area (Å²) >= 11 is 0. The lowest BCUT2D eigenvalue weighted by molar-refractivity contribution is 0.101. The normalized spacial score (nSPS) is 17.2. The number of Topliss-reactive ketones (excluding diaryl/α,β-unsaturated/α-hetero) is 1. The fraction of sp³-hybridized carbons (Fsp3) is 0.400. The van der Waals surface area contributed by atoms with Crippen LogP contribution in [0.1, 0.15) is 37.0 Å². The van der Waals surface area contributed by atoms with Crippen LogP contribution in [-0.2, 0) is 0 Å². The molecule has 0 aromatic carbocycles. The Bertz CT molecular complexity index is 626. The molecule has 1 aliphatic rings. The van der Waals surface area contributed by atoms with Gasteiger partial charge in [-0.1, -0.05) is 30.9 Å². The smallest absolute Gasteiger partial charge is 0.163 e. The van der Waals surface area contributed by atoms with E-state index in [2.05, 4.69) is 33.9 Å². The number of likely N-dealkylation sites (tertiary alicyclic amines) is 1. The number of piperidine rings is 1. The highest BCUT2D eigenvalue weighted by Crippen LogP contribution is 2.19. The molecule has 0 radical (unpaired) electrons. The molecule has 4 nitrogen and oxygen atoms in total. The van der Waals surface area contributed by atoms with Crippen LogP contribution in [-0.4, -0.2) is 41.3 Å². The summed E-state index contributed by atoms with van der Waals surface area (Å²) in [5.74, 6) is 0.760. The predicted molar refractivity (Wildman–Crippen MR) is 100 cm³/mol. The Balaban J connectivity index is 1.89. The molecule has 4 heteroatoms. The van der Waals surface area contributed by atoms with Crippen molar-refractivity contribution in [2.75, 3.05) is 25.0 Å². The SMILES string of the molecule is C=C/C(=C\C=C/C)CN1CCC(Nc2ncccc2C(C)=O)CC1. The second kappa shape index (κ2) is 9.18. The summed E-state index contributed by atoms with van der Waals surface area (Å²) in [5.41, 5.74) is 1.91. The van der Waals surface area contributed by atoms with Gasteiger partial charge in [0.25, 0.3) is 0 Å². The quantitative estimate of drug-likeness (QED) is 0.611. The highest BCUT2D eigenvalue weighted by atomic mass is 16.1. The standard InChI is InChI=1S/C20H27N3O/c1-4-6-8-17(5-2)15-23-13-10-18(11-14-23)22-20-19(16(3)24)9-7-12-21-20/h4-9,12,18H,2,10-11,13-15H2,1,3H3,(H,21,22)/b6-4-,17-8+. The summed E-state index contributed by atoms with van der Waals surface area (Å²) < 4.78 is 0. The van der Waals surface area contributed by atoms with Gasteiger partial charge in [-0.25, -0.2) is 4.98 Å². The predicted octanol–water partition coefficient (Wildman–Crippen LogP) is 3.85. The number of hydrogen-bond donors (Lipinski definition) is 1. The third-order valence-electron chi connectivity index (χ3n) is 4.29. The lowest BCUT2D eigenvalue weighted by Gasteiger charge is -2.33. The van der Waals surface area contributed by atoms with Crippen molar-refractivity contribution in [3.63, 3.8) is 0 Å². The van der Waals surface area contributed by atoms with Gasteiger partial charge in [-0.05, 0) is 44.4 Å². The van der Waals surface area contributed by atoms with Crippen LogP contribution in [0.25, 0.3) is 0 Å². The minimum Gasteiger partial charge on any atom is -0.367 e. The molecule has 1 aromatic rings. The van der Waals surface area contributed by atoms with Crippen LogP contribution in [0.2, 0.25) is 0 Å². The van der Waals surface area contributed by atoms with Gasteiger partial charge < -0.3 is 5.32 Å². The molecule has 0 aliphatic carbocycles. The lowest BCUT2D eigenvalue weighted by atomic mass is 10.0. The first-order valence-electron chi connectivity index (χ1n) is 8.53. The molecule has 1 N–H and O–H groups in total. The molecule has 0 amide bonds. The number of aromatic nitrogens is 1. The summed E-state index contributed by atoms with van der Waals surface area (Å²) in [4.78, 5) is 18.5. The largest absolute Gasteiger partial charge is 0.367 e. The van der Waals surface area contributed by atoms with Gasteiger partial charge in [0.1, 0.15) is 5.82 Å². The first kappa shape index (κ1) is 18.1. The van der Waals surface area contributed by atoms with Crippen molar-refractivity contribution >= 4 is 11.6 Å². The van der Waals surface area contributed by atoms with Crippen LogP contribution >= 0.6 is 0 Å². The summed E-state index contributed by atoms with van der Waals surface area (Å²) in [5, 5.41) is 3.45. The van der Waals surface area contributed by atoms with E-state index in [1.54, 1.807) is 19.2 Å². The second-order valence-electron chi connectivity index (χ2n) is 6.12. The fourth-order valence-electron chi connectivity index (χ4n) is 2.90. The summed E-state index contributed by atoms with van der Waals surface area (Å²) in [7, 11) is 0. The first-order chi connectivity index (χ1) is 11.6. The monoisotopic (exact) mass is 325 g/mol. The number of carbonyl (C=O) groups excluding carboxylic acids is 1. The van der Waals surface area contributed by atoms with Crippen molar-refractivity contribution in [2.45, 2.75) is 32.7 Å². The highest BCUT2D eigenvalue weighted by Gasteiger charge is 2.20. The number of allylic oxidation sites excluding steroid dienone is 3. The van der Waals surface area contributed by atoms with Crippen LogP contribution < -0.4 is 5.32 Å². The van der Waals surface area contributed by atoms with Crippen molar-refractivity contribution in [3.8, 4) is 0 Å². The molecule has 128 valence electrons. The van der Waals surface area contributed by atoms with E-state index in [1.807, 2.05) is 25.1 Å². The lowest BCUT2D eigenvalue weighted by Crippen LogP contribution is -2.40. The number of carbonyl (C=O) groups is 1. The van der Waals surface area contributed by atoms with Gasteiger partial charge in [-0.2, -0.15) is 0 Å². The Morgan fingerprint density at radius 1 is 1.46 bits per heavy atom. The maximum atomic E-state index is 11.7. The van der Waals surface area contributed by atoms with Crippen molar-refractivity contribution in [1.29, 1.82) is 0 Å². The van der Waals surface area contributed by atoms with Crippen molar-refractivity contribution < 1.29 is 4.79 Å². The fourth-order valence-corrected chi connectivity index (χ4v) is 2.90. The molecule has 2 rings (SSSR count). The van der Waals surface area contributed by atoms with E-state index >= 15 is 0 Å². The summed E-state index contributed by atoms with van der Waals surface area (Å²) in [6.07, 6.45) is 11.9. The average Bonchev–Trinajstić information content (AvgIpc) is 2.60. The second-order valence-corrected chi connectivity index (χ2v) is 6.12. The van der Waals surface area contributed by atoms with E-state index in [9.17, 15) is 4.79 Å². The average molecular weight is 325 g/mol. The van der Waals surface area contributed by atoms with Gasteiger partial charge >= 0.3 is 0 Å². The molecule has 0 spiro atoms.